The van der Waals surface area contributed by atoms with E-state index in [2.05, 4.69) is 63.1 Å². The molecule has 0 aromatic heterocycles. The summed E-state index contributed by atoms with van der Waals surface area (Å²) in [6, 6.07) is 10.8. The highest BCUT2D eigenvalue weighted by atomic mass is 15.1. The molecule has 1 nitrogen and oxygen atoms in total. The monoisotopic (exact) mass is 219 g/mol. The summed E-state index contributed by atoms with van der Waals surface area (Å²) in [5.41, 5.74) is 1.44. The lowest BCUT2D eigenvalue weighted by Crippen LogP contribution is -2.25. The lowest BCUT2D eigenvalue weighted by molar-refractivity contribution is 0.296. The second-order valence-electron chi connectivity index (χ2n) is 5.26. The van der Waals surface area contributed by atoms with Crippen LogP contribution >= 0.6 is 0 Å². The van der Waals surface area contributed by atoms with E-state index in [4.69, 9.17) is 0 Å². The Kier molecular flexibility index (Phi) is 5.54. The maximum Gasteiger partial charge on any atom is 0.00446 e. The van der Waals surface area contributed by atoms with E-state index in [1.165, 1.54) is 18.5 Å². The van der Waals surface area contributed by atoms with Gasteiger partial charge in [-0.05, 0) is 37.4 Å². The first-order valence-corrected chi connectivity index (χ1v) is 6.33. The Balaban J connectivity index is 2.36. The van der Waals surface area contributed by atoms with Crippen LogP contribution in [0.25, 0.3) is 0 Å². The van der Waals surface area contributed by atoms with Crippen LogP contribution in [-0.4, -0.2) is 25.0 Å². The summed E-state index contributed by atoms with van der Waals surface area (Å²) in [5, 5.41) is 0. The molecular weight excluding hydrogens is 194 g/mol. The summed E-state index contributed by atoms with van der Waals surface area (Å²) < 4.78 is 0. The normalized spacial score (nSPS) is 13.4. The van der Waals surface area contributed by atoms with Crippen LogP contribution in [-0.2, 0) is 0 Å². The SMILES string of the molecule is CC(C)CCN(C)CC(C)c1ccccc1. The summed E-state index contributed by atoms with van der Waals surface area (Å²) >= 11 is 0. The first-order valence-electron chi connectivity index (χ1n) is 6.33. The smallest absolute Gasteiger partial charge is 0.00446 e. The van der Waals surface area contributed by atoms with Gasteiger partial charge in [0.2, 0.25) is 0 Å². The van der Waals surface area contributed by atoms with Crippen molar-refractivity contribution >= 4 is 0 Å². The number of rotatable bonds is 6. The van der Waals surface area contributed by atoms with Crippen molar-refractivity contribution in [2.45, 2.75) is 33.1 Å². The van der Waals surface area contributed by atoms with Gasteiger partial charge in [0.25, 0.3) is 0 Å². The number of likely N-dealkylation sites (N-methyl/N-ethyl adjacent to an activating group) is 1. The van der Waals surface area contributed by atoms with Gasteiger partial charge in [-0.1, -0.05) is 51.1 Å². The molecule has 0 saturated carbocycles. The molecule has 1 rings (SSSR count). The van der Waals surface area contributed by atoms with Crippen molar-refractivity contribution in [2.24, 2.45) is 5.92 Å². The third-order valence-corrected chi connectivity index (χ3v) is 3.04. The highest BCUT2D eigenvalue weighted by Gasteiger charge is 2.08. The Morgan fingerprint density at radius 2 is 1.69 bits per heavy atom. The van der Waals surface area contributed by atoms with Gasteiger partial charge in [-0.15, -0.1) is 0 Å². The molecule has 0 heterocycles. The molecule has 1 atom stereocenters. The van der Waals surface area contributed by atoms with Crippen molar-refractivity contribution in [1.82, 2.24) is 4.90 Å². The molecule has 0 aliphatic carbocycles. The van der Waals surface area contributed by atoms with Crippen LogP contribution in [0.5, 0.6) is 0 Å². The minimum absolute atomic E-state index is 0.623. The van der Waals surface area contributed by atoms with Crippen molar-refractivity contribution in [3.63, 3.8) is 0 Å². The van der Waals surface area contributed by atoms with E-state index in [1.807, 2.05) is 0 Å². The highest BCUT2D eigenvalue weighted by Crippen LogP contribution is 2.15. The lowest BCUT2D eigenvalue weighted by Gasteiger charge is -2.22. The Hall–Kier alpha value is -0.820. The summed E-state index contributed by atoms with van der Waals surface area (Å²) in [5.74, 6) is 1.42. The molecule has 1 aromatic carbocycles. The second-order valence-corrected chi connectivity index (χ2v) is 5.26. The van der Waals surface area contributed by atoms with Crippen molar-refractivity contribution in [1.29, 1.82) is 0 Å². The van der Waals surface area contributed by atoms with Crippen LogP contribution in [0, 0.1) is 5.92 Å². The number of nitrogens with zero attached hydrogens (tertiary/aromatic N) is 1. The molecule has 0 aliphatic heterocycles. The van der Waals surface area contributed by atoms with Gasteiger partial charge in [-0.25, -0.2) is 0 Å². The van der Waals surface area contributed by atoms with Gasteiger partial charge in [-0.2, -0.15) is 0 Å². The second kappa shape index (κ2) is 6.70. The van der Waals surface area contributed by atoms with Gasteiger partial charge in [0.05, 0.1) is 0 Å². The fourth-order valence-corrected chi connectivity index (χ4v) is 1.92. The van der Waals surface area contributed by atoms with Gasteiger partial charge < -0.3 is 4.90 Å². The Bertz CT molecular complexity index is 279. The third-order valence-electron chi connectivity index (χ3n) is 3.04. The van der Waals surface area contributed by atoms with Gasteiger partial charge in [0.1, 0.15) is 0 Å². The molecule has 0 spiro atoms. The predicted octanol–water partition coefficient (Wildman–Crippen LogP) is 3.77. The Labute approximate surface area is 100 Å². The van der Waals surface area contributed by atoms with Crippen LogP contribution < -0.4 is 0 Å². The molecule has 1 heteroatoms. The third kappa shape index (κ3) is 4.80. The fraction of sp³-hybridized carbons (Fsp3) is 0.600. The molecule has 1 unspecified atom stereocenters. The van der Waals surface area contributed by atoms with E-state index in [-0.39, 0.29) is 0 Å². The minimum atomic E-state index is 0.623. The quantitative estimate of drug-likeness (QED) is 0.704. The van der Waals surface area contributed by atoms with E-state index in [9.17, 15) is 0 Å². The van der Waals surface area contributed by atoms with Gasteiger partial charge in [0.15, 0.2) is 0 Å². The zero-order valence-electron chi connectivity index (χ0n) is 11.1. The largest absolute Gasteiger partial charge is 0.306 e. The Morgan fingerprint density at radius 3 is 2.25 bits per heavy atom. The van der Waals surface area contributed by atoms with Crippen LogP contribution in [0.2, 0.25) is 0 Å². The average Bonchev–Trinajstić information content (AvgIpc) is 2.27. The van der Waals surface area contributed by atoms with Crippen LogP contribution in [0.15, 0.2) is 30.3 Å². The molecule has 0 radical (unpaired) electrons. The Morgan fingerprint density at radius 1 is 1.06 bits per heavy atom. The minimum Gasteiger partial charge on any atom is -0.306 e. The van der Waals surface area contributed by atoms with Crippen molar-refractivity contribution in [3.8, 4) is 0 Å². The summed E-state index contributed by atoms with van der Waals surface area (Å²) in [6.07, 6.45) is 1.29. The van der Waals surface area contributed by atoms with Crippen molar-refractivity contribution in [2.75, 3.05) is 20.1 Å². The molecule has 0 saturated heterocycles. The van der Waals surface area contributed by atoms with Gasteiger partial charge in [0, 0.05) is 6.54 Å². The molecule has 0 fully saturated rings. The molecule has 0 bridgehead atoms. The molecule has 0 N–H and O–H groups in total. The first-order chi connectivity index (χ1) is 7.59. The van der Waals surface area contributed by atoms with Gasteiger partial charge >= 0.3 is 0 Å². The van der Waals surface area contributed by atoms with Crippen LogP contribution in [0.4, 0.5) is 0 Å². The molecule has 0 aliphatic rings. The molecular formula is C15H25N. The van der Waals surface area contributed by atoms with E-state index in [0.717, 1.165) is 12.5 Å². The van der Waals surface area contributed by atoms with Crippen molar-refractivity contribution < 1.29 is 0 Å². The van der Waals surface area contributed by atoms with E-state index in [1.54, 1.807) is 0 Å². The van der Waals surface area contributed by atoms with E-state index >= 15 is 0 Å². The van der Waals surface area contributed by atoms with Crippen molar-refractivity contribution in [3.05, 3.63) is 35.9 Å². The summed E-state index contributed by atoms with van der Waals surface area (Å²) in [6.45, 7) is 9.23. The predicted molar refractivity (Wildman–Crippen MR) is 71.8 cm³/mol. The number of hydrogen-bond donors (Lipinski definition) is 0. The summed E-state index contributed by atoms with van der Waals surface area (Å²) in [7, 11) is 2.22. The maximum atomic E-state index is 2.44. The molecule has 16 heavy (non-hydrogen) atoms. The van der Waals surface area contributed by atoms with Crippen LogP contribution in [0.1, 0.15) is 38.7 Å². The lowest BCUT2D eigenvalue weighted by atomic mass is 10.0. The zero-order chi connectivity index (χ0) is 12.0. The molecule has 1 aromatic rings. The number of benzene rings is 1. The molecule has 0 amide bonds. The average molecular weight is 219 g/mol. The topological polar surface area (TPSA) is 3.24 Å². The first kappa shape index (κ1) is 13.2. The van der Waals surface area contributed by atoms with E-state index < -0.39 is 0 Å². The van der Waals surface area contributed by atoms with Gasteiger partial charge in [-0.3, -0.25) is 0 Å². The fourth-order valence-electron chi connectivity index (χ4n) is 1.92. The van der Waals surface area contributed by atoms with E-state index in [0.29, 0.717) is 5.92 Å². The standard InChI is InChI=1S/C15H25N/c1-13(2)10-11-16(4)12-14(3)15-8-6-5-7-9-15/h5-9,13-14H,10-12H2,1-4H3. The zero-order valence-corrected chi connectivity index (χ0v) is 11.1. The highest BCUT2D eigenvalue weighted by molar-refractivity contribution is 5.18. The number of hydrogen-bond acceptors (Lipinski definition) is 1. The molecule has 90 valence electrons. The van der Waals surface area contributed by atoms with Crippen LogP contribution in [0.3, 0.4) is 0 Å². The summed E-state index contributed by atoms with van der Waals surface area (Å²) in [4.78, 5) is 2.44. The maximum absolute atomic E-state index is 2.44.